The third kappa shape index (κ3) is 4.30. The van der Waals surface area contributed by atoms with Gasteiger partial charge in [0, 0.05) is 32.2 Å². The lowest BCUT2D eigenvalue weighted by Crippen LogP contribution is -2.49. The summed E-state index contributed by atoms with van der Waals surface area (Å²) >= 11 is 0. The molecule has 3 rings (SSSR count). The molecule has 2 aromatic carbocycles. The topological polar surface area (TPSA) is 136 Å². The van der Waals surface area contributed by atoms with E-state index < -0.39 is 20.9 Å². The summed E-state index contributed by atoms with van der Waals surface area (Å²) in [6.07, 6.45) is 0. The smallest absolute Gasteiger partial charge is 0.292 e. The molecule has 10 nitrogen and oxygen atoms in total. The van der Waals surface area contributed by atoms with Crippen molar-refractivity contribution in [2.45, 2.75) is 4.90 Å². The third-order valence-corrected chi connectivity index (χ3v) is 5.63. The molecule has 1 aliphatic rings. The Kier molecular flexibility index (Phi) is 5.71. The van der Waals surface area contributed by atoms with Crippen LogP contribution in [-0.2, 0) is 10.0 Å². The third-order valence-electron chi connectivity index (χ3n) is 4.72. The molecular weight excluding hydrogens is 400 g/mol. The fourth-order valence-corrected chi connectivity index (χ4v) is 3.78. The Balaban J connectivity index is 1.80. The molecule has 1 fully saturated rings. The molecule has 0 unspecified atom stereocenters. The molecule has 0 atom stereocenters. The molecule has 1 aliphatic heterocycles. The van der Waals surface area contributed by atoms with Gasteiger partial charge in [0.25, 0.3) is 11.6 Å². The summed E-state index contributed by atoms with van der Waals surface area (Å²) in [6, 6.07) is 10.3. The zero-order valence-corrected chi connectivity index (χ0v) is 16.5. The Hall–Kier alpha value is -3.18. The van der Waals surface area contributed by atoms with Crippen molar-refractivity contribution in [3.8, 4) is 5.75 Å². The quantitative estimate of drug-likeness (QED) is 0.567. The Morgan fingerprint density at radius 2 is 1.79 bits per heavy atom. The molecule has 0 saturated carbocycles. The number of anilines is 1. The lowest BCUT2D eigenvalue weighted by atomic mass is 10.1. The van der Waals surface area contributed by atoms with Gasteiger partial charge in [-0.3, -0.25) is 14.9 Å². The number of hydrogen-bond donors (Lipinski definition) is 1. The molecule has 2 N–H and O–H groups in total. The largest absolute Gasteiger partial charge is 0.496 e. The number of nitrogens with two attached hydrogens (primary N) is 1. The monoisotopic (exact) mass is 420 g/mol. The number of nitro groups is 1. The first-order valence-electron chi connectivity index (χ1n) is 8.71. The van der Waals surface area contributed by atoms with Gasteiger partial charge in [-0.1, -0.05) is 12.1 Å². The van der Waals surface area contributed by atoms with Crippen molar-refractivity contribution < 1.29 is 22.9 Å². The van der Waals surface area contributed by atoms with Gasteiger partial charge in [0.15, 0.2) is 0 Å². The molecule has 154 valence electrons. The van der Waals surface area contributed by atoms with Gasteiger partial charge >= 0.3 is 0 Å². The van der Waals surface area contributed by atoms with E-state index in [0.717, 1.165) is 0 Å². The second-order valence-electron chi connectivity index (χ2n) is 6.43. The Bertz CT molecular complexity index is 1050. The average Bonchev–Trinajstić information content (AvgIpc) is 2.72. The highest BCUT2D eigenvalue weighted by atomic mass is 32.2. The number of carbonyl (C=O) groups excluding carboxylic acids is 1. The summed E-state index contributed by atoms with van der Waals surface area (Å²) < 4.78 is 28.4. The van der Waals surface area contributed by atoms with Gasteiger partial charge in [0.05, 0.1) is 22.5 Å². The summed E-state index contributed by atoms with van der Waals surface area (Å²) in [5.41, 5.74) is 0.603. The number of benzene rings is 2. The number of sulfonamides is 1. The van der Waals surface area contributed by atoms with Crippen molar-refractivity contribution in [2.24, 2.45) is 5.14 Å². The number of nitro benzene ring substituents is 1. The average molecular weight is 420 g/mol. The normalized spacial score (nSPS) is 14.6. The summed E-state index contributed by atoms with van der Waals surface area (Å²) in [6.45, 7) is 1.42. The van der Waals surface area contributed by atoms with E-state index >= 15 is 0 Å². The van der Waals surface area contributed by atoms with Gasteiger partial charge in [-0.05, 0) is 24.3 Å². The molecule has 11 heteroatoms. The summed E-state index contributed by atoms with van der Waals surface area (Å²) in [4.78, 5) is 27.0. The maximum absolute atomic E-state index is 13.0. The fourth-order valence-electron chi connectivity index (χ4n) is 3.24. The lowest BCUT2D eigenvalue weighted by Gasteiger charge is -2.36. The van der Waals surface area contributed by atoms with Gasteiger partial charge in [0.2, 0.25) is 10.0 Å². The SMILES string of the molecule is COc1ccc(S(N)(=O)=O)cc1C(=O)N1CCN(c2ccccc2[N+](=O)[O-])CC1. The van der Waals surface area contributed by atoms with Crippen molar-refractivity contribution in [1.82, 2.24) is 4.90 Å². The number of methoxy groups -OCH3 is 1. The zero-order chi connectivity index (χ0) is 21.2. The first kappa shape index (κ1) is 20.6. The van der Waals surface area contributed by atoms with E-state index in [1.165, 1.54) is 31.4 Å². The van der Waals surface area contributed by atoms with Gasteiger partial charge in [-0.25, -0.2) is 13.6 Å². The van der Waals surface area contributed by atoms with Crippen molar-refractivity contribution in [1.29, 1.82) is 0 Å². The van der Waals surface area contributed by atoms with Crippen LogP contribution in [0.3, 0.4) is 0 Å². The number of nitrogens with zero attached hydrogens (tertiary/aromatic N) is 3. The molecular formula is C18H20N4O6S. The number of para-hydroxylation sites is 2. The number of primary sulfonamides is 1. The number of ether oxygens (including phenoxy) is 1. The minimum atomic E-state index is -3.97. The van der Waals surface area contributed by atoms with E-state index in [0.29, 0.717) is 31.9 Å². The second kappa shape index (κ2) is 8.05. The van der Waals surface area contributed by atoms with Crippen LogP contribution in [0.15, 0.2) is 47.4 Å². The highest BCUT2D eigenvalue weighted by Gasteiger charge is 2.28. The van der Waals surface area contributed by atoms with Crippen LogP contribution in [-0.4, -0.2) is 57.4 Å². The molecule has 0 radical (unpaired) electrons. The standard InChI is InChI=1S/C18H20N4O6S/c1-28-17-7-6-13(29(19,26)27)12-14(17)18(23)21-10-8-20(9-11-21)15-4-2-3-5-16(15)22(24)25/h2-7,12H,8-11H2,1H3,(H2,19,26,27). The Morgan fingerprint density at radius 3 is 2.38 bits per heavy atom. The second-order valence-corrected chi connectivity index (χ2v) is 7.99. The van der Waals surface area contributed by atoms with Gasteiger partial charge in [-0.2, -0.15) is 0 Å². The van der Waals surface area contributed by atoms with Crippen LogP contribution in [0.25, 0.3) is 0 Å². The molecule has 1 heterocycles. The highest BCUT2D eigenvalue weighted by molar-refractivity contribution is 7.89. The summed E-state index contributed by atoms with van der Waals surface area (Å²) in [5.74, 6) is -0.155. The molecule has 2 aromatic rings. The number of amides is 1. The molecule has 0 spiro atoms. The maximum atomic E-state index is 13.0. The van der Waals surface area contributed by atoms with Crippen LogP contribution < -0.4 is 14.8 Å². The predicted octanol–water partition coefficient (Wildman–Crippen LogP) is 1.21. The van der Waals surface area contributed by atoms with Crippen molar-refractivity contribution >= 4 is 27.3 Å². The molecule has 0 aliphatic carbocycles. The molecule has 0 aromatic heterocycles. The molecule has 1 amide bonds. The van der Waals surface area contributed by atoms with Crippen LogP contribution in [0.5, 0.6) is 5.75 Å². The van der Waals surface area contributed by atoms with Gasteiger partial charge in [-0.15, -0.1) is 0 Å². The van der Waals surface area contributed by atoms with E-state index in [4.69, 9.17) is 9.88 Å². The van der Waals surface area contributed by atoms with Crippen LogP contribution in [0.1, 0.15) is 10.4 Å². The van der Waals surface area contributed by atoms with E-state index in [-0.39, 0.29) is 21.9 Å². The highest BCUT2D eigenvalue weighted by Crippen LogP contribution is 2.29. The minimum absolute atomic E-state index is 0.00907. The first-order valence-corrected chi connectivity index (χ1v) is 10.3. The van der Waals surface area contributed by atoms with Crippen LogP contribution in [0, 0.1) is 10.1 Å². The van der Waals surface area contributed by atoms with E-state index in [1.54, 1.807) is 23.1 Å². The number of rotatable bonds is 5. The van der Waals surface area contributed by atoms with Gasteiger partial charge in [0.1, 0.15) is 11.4 Å². The van der Waals surface area contributed by atoms with Crippen molar-refractivity contribution in [3.63, 3.8) is 0 Å². The van der Waals surface area contributed by atoms with Crippen LogP contribution in [0.2, 0.25) is 0 Å². The van der Waals surface area contributed by atoms with Gasteiger partial charge < -0.3 is 14.5 Å². The summed E-state index contributed by atoms with van der Waals surface area (Å²) in [7, 11) is -2.59. The van der Waals surface area contributed by atoms with E-state index in [2.05, 4.69) is 0 Å². The van der Waals surface area contributed by atoms with Crippen LogP contribution >= 0.6 is 0 Å². The molecule has 1 saturated heterocycles. The molecule has 29 heavy (non-hydrogen) atoms. The first-order chi connectivity index (χ1) is 13.7. The van der Waals surface area contributed by atoms with Crippen LogP contribution in [0.4, 0.5) is 11.4 Å². The molecule has 0 bridgehead atoms. The van der Waals surface area contributed by atoms with E-state index in [9.17, 15) is 23.3 Å². The fraction of sp³-hybridized carbons (Fsp3) is 0.278. The predicted molar refractivity (Wildman–Crippen MR) is 106 cm³/mol. The minimum Gasteiger partial charge on any atom is -0.496 e. The maximum Gasteiger partial charge on any atom is 0.292 e. The number of piperazine rings is 1. The van der Waals surface area contributed by atoms with Crippen molar-refractivity contribution in [3.05, 3.63) is 58.1 Å². The lowest BCUT2D eigenvalue weighted by molar-refractivity contribution is -0.384. The number of hydrogen-bond acceptors (Lipinski definition) is 7. The van der Waals surface area contributed by atoms with Crippen molar-refractivity contribution in [2.75, 3.05) is 38.2 Å². The Morgan fingerprint density at radius 1 is 1.14 bits per heavy atom. The zero-order valence-electron chi connectivity index (χ0n) is 15.6. The number of carbonyl (C=O) groups is 1. The summed E-state index contributed by atoms with van der Waals surface area (Å²) in [5, 5.41) is 16.4. The van der Waals surface area contributed by atoms with E-state index in [1.807, 2.05) is 4.90 Å². The Labute approximate surface area is 167 Å².